The monoisotopic (exact) mass is 282 g/mol. The molecule has 0 aliphatic heterocycles. The molecule has 0 saturated carbocycles. The van der Waals surface area contributed by atoms with Gasteiger partial charge >= 0.3 is 6.36 Å². The van der Waals surface area contributed by atoms with Crippen LogP contribution in [-0.2, 0) is 6.42 Å². The van der Waals surface area contributed by atoms with Gasteiger partial charge in [-0.25, -0.2) is 13.8 Å². The number of hydrogen-bond acceptors (Lipinski definition) is 4. The lowest BCUT2D eigenvalue weighted by Crippen LogP contribution is -2.19. The first-order valence-electron chi connectivity index (χ1n) is 4.77. The van der Waals surface area contributed by atoms with Crippen molar-refractivity contribution in [3.8, 4) is 17.7 Å². The van der Waals surface area contributed by atoms with E-state index in [4.69, 9.17) is 5.26 Å². The molecule has 0 fully saturated rings. The van der Waals surface area contributed by atoms with E-state index in [0.717, 1.165) is 13.2 Å². The molecule has 0 N–H and O–H groups in total. The van der Waals surface area contributed by atoms with Gasteiger partial charge in [-0.05, 0) is 0 Å². The van der Waals surface area contributed by atoms with Crippen LogP contribution in [0.5, 0.6) is 11.6 Å². The Morgan fingerprint density at radius 3 is 2.47 bits per heavy atom. The number of methoxy groups -OCH3 is 1. The molecule has 1 rings (SSSR count). The lowest BCUT2D eigenvalue weighted by atomic mass is 10.1. The Morgan fingerprint density at radius 1 is 1.42 bits per heavy atom. The number of aromatic nitrogens is 1. The standard InChI is InChI=1S/C10H7F5N2O2/c1-18-7-4-6(8(11)12)17-9(5(7)2-3-16)19-10(13,14)15/h4,8H,2H2,1H3. The second-order valence-corrected chi connectivity index (χ2v) is 3.22. The molecule has 1 heterocycles. The minimum absolute atomic E-state index is 0.314. The van der Waals surface area contributed by atoms with Crippen molar-refractivity contribution in [3.05, 3.63) is 17.3 Å². The number of pyridine rings is 1. The van der Waals surface area contributed by atoms with Gasteiger partial charge in [0.25, 0.3) is 6.43 Å². The van der Waals surface area contributed by atoms with E-state index >= 15 is 0 Å². The minimum atomic E-state index is -5.11. The molecule has 0 unspecified atom stereocenters. The molecule has 0 aliphatic rings. The SMILES string of the molecule is COc1cc(C(F)F)nc(OC(F)(F)F)c1CC#N. The van der Waals surface area contributed by atoms with Crippen LogP contribution in [0.25, 0.3) is 0 Å². The van der Waals surface area contributed by atoms with Crippen LogP contribution >= 0.6 is 0 Å². The van der Waals surface area contributed by atoms with Crippen LogP contribution in [-0.4, -0.2) is 18.5 Å². The Balaban J connectivity index is 3.37. The lowest BCUT2D eigenvalue weighted by Gasteiger charge is -2.15. The van der Waals surface area contributed by atoms with Crippen LogP contribution in [0.15, 0.2) is 6.07 Å². The van der Waals surface area contributed by atoms with Gasteiger partial charge in [-0.15, -0.1) is 13.2 Å². The van der Waals surface area contributed by atoms with Gasteiger partial charge in [0.2, 0.25) is 5.88 Å². The fourth-order valence-corrected chi connectivity index (χ4v) is 1.27. The molecule has 1 aromatic heterocycles. The average molecular weight is 282 g/mol. The molecule has 0 spiro atoms. The zero-order chi connectivity index (χ0) is 14.6. The van der Waals surface area contributed by atoms with Crippen molar-refractivity contribution in [1.82, 2.24) is 4.98 Å². The first-order chi connectivity index (χ1) is 8.78. The van der Waals surface area contributed by atoms with E-state index in [1.54, 1.807) is 6.07 Å². The predicted molar refractivity (Wildman–Crippen MR) is 51.7 cm³/mol. The van der Waals surface area contributed by atoms with E-state index in [1.165, 1.54) is 0 Å². The van der Waals surface area contributed by atoms with Gasteiger partial charge in [0.15, 0.2) is 0 Å². The van der Waals surface area contributed by atoms with Crippen LogP contribution < -0.4 is 9.47 Å². The summed E-state index contributed by atoms with van der Waals surface area (Å²) < 4.78 is 69.7. The summed E-state index contributed by atoms with van der Waals surface area (Å²) in [4.78, 5) is 3.06. The lowest BCUT2D eigenvalue weighted by molar-refractivity contribution is -0.276. The van der Waals surface area contributed by atoms with Crippen LogP contribution in [0.4, 0.5) is 22.0 Å². The normalized spacial score (nSPS) is 11.3. The molecule has 0 amide bonds. The fraction of sp³-hybridized carbons (Fsp3) is 0.400. The number of nitrogens with zero attached hydrogens (tertiary/aromatic N) is 2. The maximum Gasteiger partial charge on any atom is 0.574 e. The van der Waals surface area contributed by atoms with Crippen molar-refractivity contribution >= 4 is 0 Å². The van der Waals surface area contributed by atoms with Gasteiger partial charge in [0.1, 0.15) is 11.4 Å². The number of ether oxygens (including phenoxy) is 2. The van der Waals surface area contributed by atoms with E-state index in [1.807, 2.05) is 0 Å². The molecule has 0 radical (unpaired) electrons. The number of hydrogen-bond donors (Lipinski definition) is 0. The first kappa shape index (κ1) is 14.9. The summed E-state index contributed by atoms with van der Waals surface area (Å²) in [6.45, 7) is 0. The molecule has 0 aromatic carbocycles. The van der Waals surface area contributed by atoms with E-state index < -0.39 is 30.8 Å². The third kappa shape index (κ3) is 3.94. The van der Waals surface area contributed by atoms with Crippen LogP contribution in [0.1, 0.15) is 17.7 Å². The Morgan fingerprint density at radius 2 is 2.05 bits per heavy atom. The second-order valence-electron chi connectivity index (χ2n) is 3.22. The second kappa shape index (κ2) is 5.69. The van der Waals surface area contributed by atoms with E-state index in [2.05, 4.69) is 14.5 Å². The highest BCUT2D eigenvalue weighted by molar-refractivity contribution is 5.44. The topological polar surface area (TPSA) is 55.1 Å². The Hall–Kier alpha value is -2.11. The maximum atomic E-state index is 12.5. The summed E-state index contributed by atoms with van der Waals surface area (Å²) in [5, 5.41) is 8.52. The maximum absolute atomic E-state index is 12.5. The van der Waals surface area contributed by atoms with Crippen molar-refractivity contribution in [3.63, 3.8) is 0 Å². The molecule has 0 atom stereocenters. The predicted octanol–water partition coefficient (Wildman–Crippen LogP) is 2.99. The van der Waals surface area contributed by atoms with Gasteiger partial charge in [-0.1, -0.05) is 0 Å². The van der Waals surface area contributed by atoms with E-state index in [-0.39, 0.29) is 11.3 Å². The number of alkyl halides is 5. The highest BCUT2D eigenvalue weighted by atomic mass is 19.4. The van der Waals surface area contributed by atoms with Gasteiger partial charge in [-0.2, -0.15) is 5.26 Å². The smallest absolute Gasteiger partial charge is 0.496 e. The zero-order valence-electron chi connectivity index (χ0n) is 9.46. The summed E-state index contributed by atoms with van der Waals surface area (Å²) in [6, 6.07) is 2.34. The largest absolute Gasteiger partial charge is 0.574 e. The van der Waals surface area contributed by atoms with Crippen molar-refractivity contribution in [1.29, 1.82) is 5.26 Å². The Bertz CT molecular complexity index is 496. The van der Waals surface area contributed by atoms with Crippen LogP contribution in [0.2, 0.25) is 0 Å². The quantitative estimate of drug-likeness (QED) is 0.797. The summed E-state index contributed by atoms with van der Waals surface area (Å²) in [5.41, 5.74) is -1.27. The van der Waals surface area contributed by atoms with Gasteiger partial charge in [-0.3, -0.25) is 0 Å². The first-order valence-corrected chi connectivity index (χ1v) is 4.77. The van der Waals surface area contributed by atoms with Crippen molar-refractivity contribution in [2.75, 3.05) is 7.11 Å². The van der Waals surface area contributed by atoms with Crippen molar-refractivity contribution in [2.45, 2.75) is 19.2 Å². The fourth-order valence-electron chi connectivity index (χ4n) is 1.27. The molecule has 19 heavy (non-hydrogen) atoms. The molecular weight excluding hydrogens is 275 g/mol. The van der Waals surface area contributed by atoms with Crippen molar-refractivity contribution < 1.29 is 31.4 Å². The molecule has 9 heteroatoms. The molecule has 4 nitrogen and oxygen atoms in total. The average Bonchev–Trinajstić information content (AvgIpc) is 2.29. The zero-order valence-corrected chi connectivity index (χ0v) is 9.46. The summed E-state index contributed by atoms with van der Waals surface area (Å²) in [6.07, 6.45) is -8.73. The highest BCUT2D eigenvalue weighted by Gasteiger charge is 2.34. The van der Waals surface area contributed by atoms with Crippen LogP contribution in [0, 0.1) is 11.3 Å². The van der Waals surface area contributed by atoms with Crippen molar-refractivity contribution in [2.24, 2.45) is 0 Å². The van der Waals surface area contributed by atoms with E-state index in [9.17, 15) is 22.0 Å². The number of halogens is 5. The summed E-state index contributed by atoms with van der Waals surface area (Å²) >= 11 is 0. The molecule has 0 aliphatic carbocycles. The summed E-state index contributed by atoms with van der Waals surface area (Å²) in [5.74, 6) is -1.42. The van der Waals surface area contributed by atoms with Crippen LogP contribution in [0.3, 0.4) is 0 Å². The number of nitriles is 1. The van der Waals surface area contributed by atoms with Gasteiger partial charge in [0, 0.05) is 6.07 Å². The molecular formula is C10H7F5N2O2. The molecule has 104 valence electrons. The van der Waals surface area contributed by atoms with Gasteiger partial charge in [0.05, 0.1) is 25.2 Å². The third-order valence-electron chi connectivity index (χ3n) is 1.98. The number of rotatable bonds is 4. The Kier molecular flexibility index (Phi) is 4.47. The molecule has 0 bridgehead atoms. The minimum Gasteiger partial charge on any atom is -0.496 e. The molecule has 1 aromatic rings. The summed E-state index contributed by atoms with van der Waals surface area (Å²) in [7, 11) is 1.07. The third-order valence-corrected chi connectivity index (χ3v) is 1.98. The molecule has 0 saturated heterocycles. The highest BCUT2D eigenvalue weighted by Crippen LogP contribution is 2.34. The Labute approximate surface area is 104 Å². The van der Waals surface area contributed by atoms with Gasteiger partial charge < -0.3 is 9.47 Å². The van der Waals surface area contributed by atoms with E-state index in [0.29, 0.717) is 0 Å².